The van der Waals surface area contributed by atoms with E-state index in [0.29, 0.717) is 18.7 Å². The van der Waals surface area contributed by atoms with Crippen LogP contribution in [-0.2, 0) is 11.8 Å². The predicted molar refractivity (Wildman–Crippen MR) is 64.1 cm³/mol. The van der Waals surface area contributed by atoms with Crippen molar-refractivity contribution in [3.63, 3.8) is 0 Å². The number of nitrogens with two attached hydrogens (primary N) is 1. The van der Waals surface area contributed by atoms with Crippen LogP contribution in [0.3, 0.4) is 0 Å². The van der Waals surface area contributed by atoms with Crippen LogP contribution in [0.15, 0.2) is 12.4 Å². The van der Waals surface area contributed by atoms with Crippen LogP contribution in [0.25, 0.3) is 0 Å². The lowest BCUT2D eigenvalue weighted by molar-refractivity contribution is -0.133. The van der Waals surface area contributed by atoms with Crippen molar-refractivity contribution < 1.29 is 9.90 Å². The van der Waals surface area contributed by atoms with Crippen molar-refractivity contribution in [2.45, 2.75) is 19.4 Å². The number of aromatic nitrogens is 2. The molecule has 96 valence electrons. The van der Waals surface area contributed by atoms with Crippen molar-refractivity contribution >= 4 is 5.91 Å². The summed E-state index contributed by atoms with van der Waals surface area (Å²) in [5.41, 5.74) is 6.58. The molecule has 1 aromatic rings. The molecule has 6 nitrogen and oxygen atoms in total. The van der Waals surface area contributed by atoms with Gasteiger partial charge < -0.3 is 15.7 Å². The first-order valence-electron chi connectivity index (χ1n) is 5.74. The largest absolute Gasteiger partial charge is 0.395 e. The number of carbonyl (C=O) groups excluding carboxylic acids is 1. The molecule has 3 N–H and O–H groups in total. The SMILES string of the molecule is CCCN(CCO)C(=O)C(N)c1cnn(C)c1. The fourth-order valence-corrected chi connectivity index (χ4v) is 1.66. The van der Waals surface area contributed by atoms with Gasteiger partial charge in [0, 0.05) is 31.9 Å². The molecule has 6 heteroatoms. The molecule has 0 spiro atoms. The molecule has 0 bridgehead atoms. The van der Waals surface area contributed by atoms with Gasteiger partial charge in [0.05, 0.1) is 12.8 Å². The number of hydrogen-bond donors (Lipinski definition) is 2. The van der Waals surface area contributed by atoms with Crippen LogP contribution in [0.5, 0.6) is 0 Å². The summed E-state index contributed by atoms with van der Waals surface area (Å²) in [5, 5.41) is 12.9. The minimum absolute atomic E-state index is 0.0501. The van der Waals surface area contributed by atoms with Gasteiger partial charge in [-0.1, -0.05) is 6.92 Å². The highest BCUT2D eigenvalue weighted by molar-refractivity contribution is 5.82. The van der Waals surface area contributed by atoms with Crippen LogP contribution in [0.4, 0.5) is 0 Å². The summed E-state index contributed by atoms with van der Waals surface area (Å²) in [4.78, 5) is 13.7. The van der Waals surface area contributed by atoms with Crippen molar-refractivity contribution in [3.8, 4) is 0 Å². The lowest BCUT2D eigenvalue weighted by Crippen LogP contribution is -2.40. The lowest BCUT2D eigenvalue weighted by atomic mass is 10.1. The Balaban J connectivity index is 2.72. The van der Waals surface area contributed by atoms with Gasteiger partial charge in [-0.15, -0.1) is 0 Å². The van der Waals surface area contributed by atoms with E-state index >= 15 is 0 Å². The molecule has 17 heavy (non-hydrogen) atoms. The summed E-state index contributed by atoms with van der Waals surface area (Å²) in [6.07, 6.45) is 4.16. The summed E-state index contributed by atoms with van der Waals surface area (Å²) >= 11 is 0. The number of nitrogens with zero attached hydrogens (tertiary/aromatic N) is 3. The molecule has 0 saturated carbocycles. The minimum atomic E-state index is -0.707. The number of aliphatic hydroxyl groups is 1. The molecule has 0 aliphatic rings. The molecule has 0 saturated heterocycles. The Bertz CT molecular complexity index is 358. The van der Waals surface area contributed by atoms with Crippen molar-refractivity contribution in [1.82, 2.24) is 14.7 Å². The minimum Gasteiger partial charge on any atom is -0.395 e. The quantitative estimate of drug-likeness (QED) is 0.712. The third-order valence-electron chi connectivity index (χ3n) is 2.53. The summed E-state index contributed by atoms with van der Waals surface area (Å²) in [5.74, 6) is -0.172. The molecular weight excluding hydrogens is 220 g/mol. The highest BCUT2D eigenvalue weighted by atomic mass is 16.3. The van der Waals surface area contributed by atoms with Crippen LogP contribution in [0.2, 0.25) is 0 Å². The zero-order chi connectivity index (χ0) is 12.8. The average molecular weight is 240 g/mol. The monoisotopic (exact) mass is 240 g/mol. The standard InChI is InChI=1S/C11H20N4O2/c1-3-4-15(5-6-16)11(17)10(12)9-7-13-14(2)8-9/h7-8,10,16H,3-6,12H2,1-2H3. The van der Waals surface area contributed by atoms with Gasteiger partial charge in [-0.05, 0) is 6.42 Å². The second-order valence-corrected chi connectivity index (χ2v) is 3.97. The van der Waals surface area contributed by atoms with Crippen molar-refractivity contribution in [2.75, 3.05) is 19.7 Å². The van der Waals surface area contributed by atoms with E-state index in [2.05, 4.69) is 5.10 Å². The van der Waals surface area contributed by atoms with Gasteiger partial charge in [0.2, 0.25) is 5.91 Å². The van der Waals surface area contributed by atoms with Gasteiger partial charge >= 0.3 is 0 Å². The Morgan fingerprint density at radius 2 is 2.35 bits per heavy atom. The van der Waals surface area contributed by atoms with E-state index in [-0.39, 0.29) is 12.5 Å². The van der Waals surface area contributed by atoms with E-state index in [1.54, 1.807) is 29.0 Å². The van der Waals surface area contributed by atoms with Gasteiger partial charge in [-0.2, -0.15) is 5.10 Å². The van der Waals surface area contributed by atoms with Crippen LogP contribution in [-0.4, -0.2) is 45.4 Å². The van der Waals surface area contributed by atoms with E-state index in [1.165, 1.54) is 0 Å². The lowest BCUT2D eigenvalue weighted by Gasteiger charge is -2.24. The van der Waals surface area contributed by atoms with Gasteiger partial charge in [0.15, 0.2) is 0 Å². The maximum atomic E-state index is 12.1. The summed E-state index contributed by atoms with van der Waals surface area (Å²) in [7, 11) is 1.78. The molecule has 0 fully saturated rings. The third kappa shape index (κ3) is 3.54. The summed E-state index contributed by atoms with van der Waals surface area (Å²) in [6, 6.07) is -0.707. The van der Waals surface area contributed by atoms with Crippen molar-refractivity contribution in [1.29, 1.82) is 0 Å². The summed E-state index contributed by atoms with van der Waals surface area (Å²) in [6.45, 7) is 2.85. The molecule has 1 heterocycles. The maximum absolute atomic E-state index is 12.1. The predicted octanol–water partition coefficient (Wildman–Crippen LogP) is -0.349. The first kappa shape index (κ1) is 13.7. The van der Waals surface area contributed by atoms with Crippen molar-refractivity contribution in [3.05, 3.63) is 18.0 Å². The number of carbonyl (C=O) groups is 1. The van der Waals surface area contributed by atoms with Gasteiger partial charge in [-0.3, -0.25) is 9.48 Å². The highest BCUT2D eigenvalue weighted by Crippen LogP contribution is 2.12. The summed E-state index contributed by atoms with van der Waals surface area (Å²) < 4.78 is 1.61. The number of rotatable bonds is 6. The maximum Gasteiger partial charge on any atom is 0.244 e. The fourth-order valence-electron chi connectivity index (χ4n) is 1.66. The van der Waals surface area contributed by atoms with E-state index < -0.39 is 6.04 Å². The molecule has 1 unspecified atom stereocenters. The average Bonchev–Trinajstić information content (AvgIpc) is 2.73. The Labute approximate surface area is 101 Å². The second kappa shape index (κ2) is 6.36. The highest BCUT2D eigenvalue weighted by Gasteiger charge is 2.22. The number of aryl methyl sites for hydroxylation is 1. The molecule has 0 aromatic carbocycles. The molecule has 1 atom stereocenters. The topological polar surface area (TPSA) is 84.4 Å². The fraction of sp³-hybridized carbons (Fsp3) is 0.636. The second-order valence-electron chi connectivity index (χ2n) is 3.97. The van der Waals surface area contributed by atoms with Crippen molar-refractivity contribution in [2.24, 2.45) is 12.8 Å². The smallest absolute Gasteiger partial charge is 0.244 e. The van der Waals surface area contributed by atoms with Gasteiger partial charge in [0.25, 0.3) is 0 Å². The molecule has 1 aromatic heterocycles. The number of amides is 1. The Morgan fingerprint density at radius 3 is 2.82 bits per heavy atom. The van der Waals surface area contributed by atoms with Crippen LogP contribution >= 0.6 is 0 Å². The first-order chi connectivity index (χ1) is 8.10. The van der Waals surface area contributed by atoms with E-state index in [4.69, 9.17) is 10.8 Å². The van der Waals surface area contributed by atoms with Crippen LogP contribution in [0, 0.1) is 0 Å². The molecule has 1 amide bonds. The van der Waals surface area contributed by atoms with E-state index in [9.17, 15) is 4.79 Å². The number of hydrogen-bond acceptors (Lipinski definition) is 4. The molecular formula is C11H20N4O2. The normalized spacial score (nSPS) is 12.5. The van der Waals surface area contributed by atoms with Gasteiger partial charge in [-0.25, -0.2) is 0 Å². The van der Waals surface area contributed by atoms with Crippen LogP contribution in [0.1, 0.15) is 24.9 Å². The molecule has 0 radical (unpaired) electrons. The molecule has 1 rings (SSSR count). The zero-order valence-electron chi connectivity index (χ0n) is 10.3. The van der Waals surface area contributed by atoms with Gasteiger partial charge in [0.1, 0.15) is 6.04 Å². The zero-order valence-corrected chi connectivity index (χ0v) is 10.3. The molecule has 0 aliphatic heterocycles. The van der Waals surface area contributed by atoms with E-state index in [0.717, 1.165) is 6.42 Å². The first-order valence-corrected chi connectivity index (χ1v) is 5.74. The van der Waals surface area contributed by atoms with Crippen LogP contribution < -0.4 is 5.73 Å². The third-order valence-corrected chi connectivity index (χ3v) is 2.53. The Kier molecular flexibility index (Phi) is 5.11. The van der Waals surface area contributed by atoms with E-state index in [1.807, 2.05) is 6.92 Å². The number of aliphatic hydroxyl groups excluding tert-OH is 1. The Hall–Kier alpha value is -1.40. The Morgan fingerprint density at radius 1 is 1.65 bits per heavy atom. The molecule has 0 aliphatic carbocycles.